The molecule has 1 rings (SSSR count). The molecule has 3 heteroatoms. The zero-order valence-corrected chi connectivity index (χ0v) is 8.78. The summed E-state index contributed by atoms with van der Waals surface area (Å²) in [4.78, 5) is 0. The van der Waals surface area contributed by atoms with Crippen LogP contribution in [0.25, 0.3) is 0 Å². The second-order valence-corrected chi connectivity index (χ2v) is 5.12. The van der Waals surface area contributed by atoms with Crippen molar-refractivity contribution in [2.45, 2.75) is 25.8 Å². The third kappa shape index (κ3) is 2.64. The van der Waals surface area contributed by atoms with Crippen LogP contribution in [-0.4, -0.2) is 35.3 Å². The lowest BCUT2D eigenvalue weighted by Gasteiger charge is -2.28. The first-order chi connectivity index (χ1) is 5.68. The summed E-state index contributed by atoms with van der Waals surface area (Å²) in [6.45, 7) is 5.69. The van der Waals surface area contributed by atoms with Crippen LogP contribution in [0.15, 0.2) is 0 Å². The molecule has 0 bridgehead atoms. The largest absolute Gasteiger partial charge is 0.394 e. The predicted octanol–water partition coefficient (Wildman–Crippen LogP) is 1.10. The Balaban J connectivity index is 2.34. The normalized spacial score (nSPS) is 30.0. The predicted molar refractivity (Wildman–Crippen MR) is 54.6 cm³/mol. The highest BCUT2D eigenvalue weighted by Crippen LogP contribution is 2.27. The van der Waals surface area contributed by atoms with Gasteiger partial charge in [-0.2, -0.15) is 11.8 Å². The Morgan fingerprint density at radius 2 is 2.33 bits per heavy atom. The molecule has 1 saturated heterocycles. The standard InChI is InChI=1S/C9H19NOS/c1-8(2)5-10-9(6-11)3-4-12-7-9/h8,10-11H,3-7H2,1-2H3. The SMILES string of the molecule is CC(C)CNC1(CO)CCSC1. The maximum absolute atomic E-state index is 9.25. The number of nitrogens with one attached hydrogen (secondary N) is 1. The van der Waals surface area contributed by atoms with Gasteiger partial charge in [0.25, 0.3) is 0 Å². The summed E-state index contributed by atoms with van der Waals surface area (Å²) in [7, 11) is 0. The van der Waals surface area contributed by atoms with Gasteiger partial charge in [0, 0.05) is 5.75 Å². The van der Waals surface area contributed by atoms with Crippen LogP contribution in [0.4, 0.5) is 0 Å². The fourth-order valence-electron chi connectivity index (χ4n) is 1.35. The van der Waals surface area contributed by atoms with E-state index in [1.54, 1.807) is 0 Å². The first-order valence-corrected chi connectivity index (χ1v) is 5.78. The summed E-state index contributed by atoms with van der Waals surface area (Å²) < 4.78 is 0. The molecule has 1 heterocycles. The quantitative estimate of drug-likeness (QED) is 0.694. The molecule has 0 spiro atoms. The van der Waals surface area contributed by atoms with Gasteiger partial charge in [-0.1, -0.05) is 13.8 Å². The van der Waals surface area contributed by atoms with Crippen LogP contribution >= 0.6 is 11.8 Å². The number of aliphatic hydroxyl groups is 1. The van der Waals surface area contributed by atoms with Crippen LogP contribution in [0.5, 0.6) is 0 Å². The van der Waals surface area contributed by atoms with Crippen LogP contribution in [0.2, 0.25) is 0 Å². The molecule has 0 aromatic carbocycles. The number of aliphatic hydroxyl groups excluding tert-OH is 1. The van der Waals surface area contributed by atoms with E-state index in [2.05, 4.69) is 19.2 Å². The van der Waals surface area contributed by atoms with Gasteiger partial charge in [0.1, 0.15) is 0 Å². The molecule has 72 valence electrons. The summed E-state index contributed by atoms with van der Waals surface area (Å²) >= 11 is 1.93. The molecule has 0 saturated carbocycles. The van der Waals surface area contributed by atoms with E-state index in [4.69, 9.17) is 0 Å². The van der Waals surface area contributed by atoms with E-state index in [-0.39, 0.29) is 12.1 Å². The molecular formula is C9H19NOS. The number of rotatable bonds is 4. The fourth-order valence-corrected chi connectivity index (χ4v) is 2.76. The molecule has 1 aliphatic heterocycles. The van der Waals surface area contributed by atoms with E-state index >= 15 is 0 Å². The van der Waals surface area contributed by atoms with Crippen molar-refractivity contribution in [2.75, 3.05) is 24.7 Å². The van der Waals surface area contributed by atoms with Crippen molar-refractivity contribution in [2.24, 2.45) is 5.92 Å². The van der Waals surface area contributed by atoms with Gasteiger partial charge in [0.2, 0.25) is 0 Å². The highest BCUT2D eigenvalue weighted by atomic mass is 32.2. The zero-order valence-electron chi connectivity index (χ0n) is 7.97. The molecule has 1 unspecified atom stereocenters. The lowest BCUT2D eigenvalue weighted by atomic mass is 9.99. The minimum Gasteiger partial charge on any atom is -0.394 e. The Morgan fingerprint density at radius 1 is 1.58 bits per heavy atom. The van der Waals surface area contributed by atoms with Crippen molar-refractivity contribution in [1.29, 1.82) is 0 Å². The Bertz CT molecular complexity index is 132. The molecule has 0 amide bonds. The van der Waals surface area contributed by atoms with Gasteiger partial charge in [-0.3, -0.25) is 0 Å². The van der Waals surface area contributed by atoms with Gasteiger partial charge in [0.15, 0.2) is 0 Å². The summed E-state index contributed by atoms with van der Waals surface area (Å²) in [6.07, 6.45) is 1.11. The van der Waals surface area contributed by atoms with Gasteiger partial charge in [-0.05, 0) is 24.6 Å². The lowest BCUT2D eigenvalue weighted by Crippen LogP contribution is -2.49. The number of hydrogen-bond donors (Lipinski definition) is 2. The van der Waals surface area contributed by atoms with Gasteiger partial charge < -0.3 is 10.4 Å². The molecule has 0 aliphatic carbocycles. The van der Waals surface area contributed by atoms with Gasteiger partial charge in [0.05, 0.1) is 12.1 Å². The van der Waals surface area contributed by atoms with Crippen molar-refractivity contribution in [3.05, 3.63) is 0 Å². The number of thioether (sulfide) groups is 1. The maximum Gasteiger partial charge on any atom is 0.0621 e. The lowest BCUT2D eigenvalue weighted by molar-refractivity contribution is 0.175. The zero-order chi connectivity index (χ0) is 9.03. The van der Waals surface area contributed by atoms with Gasteiger partial charge in [-0.25, -0.2) is 0 Å². The van der Waals surface area contributed by atoms with Crippen LogP contribution in [0.1, 0.15) is 20.3 Å². The molecule has 12 heavy (non-hydrogen) atoms. The molecule has 0 aromatic rings. The van der Waals surface area contributed by atoms with Crippen LogP contribution in [0, 0.1) is 5.92 Å². The van der Waals surface area contributed by atoms with Crippen LogP contribution < -0.4 is 5.32 Å². The van der Waals surface area contributed by atoms with Crippen molar-refractivity contribution >= 4 is 11.8 Å². The second-order valence-electron chi connectivity index (χ2n) is 4.02. The first-order valence-electron chi connectivity index (χ1n) is 4.62. The average molecular weight is 189 g/mol. The monoisotopic (exact) mass is 189 g/mol. The van der Waals surface area contributed by atoms with Gasteiger partial charge >= 0.3 is 0 Å². The Kier molecular flexibility index (Phi) is 3.87. The maximum atomic E-state index is 9.25. The molecule has 0 aromatic heterocycles. The van der Waals surface area contributed by atoms with E-state index in [0.717, 1.165) is 18.7 Å². The Labute approximate surface area is 79.1 Å². The highest BCUT2D eigenvalue weighted by molar-refractivity contribution is 7.99. The first kappa shape index (κ1) is 10.4. The van der Waals surface area contributed by atoms with E-state index in [1.165, 1.54) is 5.75 Å². The Morgan fingerprint density at radius 3 is 2.75 bits per heavy atom. The second kappa shape index (κ2) is 4.49. The molecule has 1 atom stereocenters. The molecule has 0 radical (unpaired) electrons. The van der Waals surface area contributed by atoms with Crippen molar-refractivity contribution in [3.8, 4) is 0 Å². The molecule has 2 nitrogen and oxygen atoms in total. The van der Waals surface area contributed by atoms with Crippen LogP contribution in [-0.2, 0) is 0 Å². The molecule has 2 N–H and O–H groups in total. The van der Waals surface area contributed by atoms with E-state index in [1.807, 2.05) is 11.8 Å². The minimum absolute atomic E-state index is 0.0366. The number of hydrogen-bond acceptors (Lipinski definition) is 3. The molecular weight excluding hydrogens is 170 g/mol. The van der Waals surface area contributed by atoms with Gasteiger partial charge in [-0.15, -0.1) is 0 Å². The summed E-state index contributed by atoms with van der Waals surface area (Å²) in [5.41, 5.74) is 0.0366. The summed E-state index contributed by atoms with van der Waals surface area (Å²) in [6, 6.07) is 0. The highest BCUT2D eigenvalue weighted by Gasteiger charge is 2.32. The van der Waals surface area contributed by atoms with E-state index in [9.17, 15) is 5.11 Å². The third-order valence-electron chi connectivity index (χ3n) is 2.29. The van der Waals surface area contributed by atoms with Crippen molar-refractivity contribution < 1.29 is 5.11 Å². The fraction of sp³-hybridized carbons (Fsp3) is 1.00. The summed E-state index contributed by atoms with van der Waals surface area (Å²) in [5.74, 6) is 2.92. The third-order valence-corrected chi connectivity index (χ3v) is 3.54. The van der Waals surface area contributed by atoms with E-state index < -0.39 is 0 Å². The summed E-state index contributed by atoms with van der Waals surface area (Å²) in [5, 5.41) is 12.7. The molecule has 1 fully saturated rings. The minimum atomic E-state index is 0.0366. The Hall–Kier alpha value is 0.270. The topological polar surface area (TPSA) is 32.3 Å². The van der Waals surface area contributed by atoms with Crippen molar-refractivity contribution in [3.63, 3.8) is 0 Å². The molecule has 1 aliphatic rings. The van der Waals surface area contributed by atoms with Crippen LogP contribution in [0.3, 0.4) is 0 Å². The smallest absolute Gasteiger partial charge is 0.0621 e. The van der Waals surface area contributed by atoms with E-state index in [0.29, 0.717) is 5.92 Å². The average Bonchev–Trinajstić information content (AvgIpc) is 2.50. The van der Waals surface area contributed by atoms with Crippen molar-refractivity contribution in [1.82, 2.24) is 5.32 Å².